The van der Waals surface area contributed by atoms with Gasteiger partial charge in [-0.15, -0.1) is 12.4 Å². The van der Waals surface area contributed by atoms with Gasteiger partial charge in [0.05, 0.1) is 35.1 Å². The number of rotatable bonds is 5. The van der Waals surface area contributed by atoms with E-state index in [4.69, 9.17) is 10.00 Å². The van der Waals surface area contributed by atoms with E-state index in [1.807, 2.05) is 24.3 Å². The molecule has 1 aromatic heterocycles. The van der Waals surface area contributed by atoms with Crippen molar-refractivity contribution in [1.82, 2.24) is 9.88 Å². The normalized spacial score (nSPS) is 14.2. The predicted molar refractivity (Wildman–Crippen MR) is 117 cm³/mol. The number of morpholine rings is 1. The molecule has 1 aliphatic heterocycles. The maximum atomic E-state index is 13.3. The molecule has 0 N–H and O–H groups in total. The van der Waals surface area contributed by atoms with Gasteiger partial charge in [-0.3, -0.25) is 14.6 Å². The average Bonchev–Trinajstić information content (AvgIpc) is 3.18. The van der Waals surface area contributed by atoms with Gasteiger partial charge in [0.2, 0.25) is 0 Å². The standard InChI is InChI=1S/C21H20N4O2S.ClH/c22-15-16-5-7-17(8-6-16)20(26)25(10-9-24-11-13-27-14-12-24)21-23-18-3-1-2-4-19(18)28-21;/h1-8H,9-14H2;1H. The second-order valence-corrected chi connectivity index (χ2v) is 7.57. The lowest BCUT2D eigenvalue weighted by molar-refractivity contribution is 0.0391. The topological polar surface area (TPSA) is 69.5 Å². The zero-order valence-electron chi connectivity index (χ0n) is 15.8. The number of amides is 1. The van der Waals surface area contributed by atoms with Gasteiger partial charge in [-0.05, 0) is 36.4 Å². The van der Waals surface area contributed by atoms with Gasteiger partial charge in [0.1, 0.15) is 0 Å². The van der Waals surface area contributed by atoms with Gasteiger partial charge in [-0.2, -0.15) is 5.26 Å². The summed E-state index contributed by atoms with van der Waals surface area (Å²) >= 11 is 1.52. The number of hydrogen-bond donors (Lipinski definition) is 0. The van der Waals surface area contributed by atoms with Crippen molar-refractivity contribution in [2.45, 2.75) is 0 Å². The molecule has 0 aliphatic carbocycles. The van der Waals surface area contributed by atoms with E-state index in [2.05, 4.69) is 16.0 Å². The third kappa shape index (κ3) is 4.92. The zero-order chi connectivity index (χ0) is 19.3. The maximum Gasteiger partial charge on any atom is 0.260 e. The number of thiazole rings is 1. The number of nitriles is 1. The Bertz CT molecular complexity index is 976. The Balaban J connectivity index is 0.00000240. The Morgan fingerprint density at radius 2 is 1.90 bits per heavy atom. The van der Waals surface area contributed by atoms with E-state index in [1.165, 1.54) is 11.3 Å². The van der Waals surface area contributed by atoms with Crippen LogP contribution in [0.5, 0.6) is 0 Å². The molecule has 0 radical (unpaired) electrons. The molecule has 4 rings (SSSR count). The fourth-order valence-corrected chi connectivity index (χ4v) is 4.16. The van der Waals surface area contributed by atoms with Gasteiger partial charge in [-0.1, -0.05) is 23.5 Å². The molecular formula is C21H21ClN4O2S. The van der Waals surface area contributed by atoms with Crippen molar-refractivity contribution in [2.24, 2.45) is 0 Å². The molecule has 2 heterocycles. The second kappa shape index (κ2) is 9.81. The van der Waals surface area contributed by atoms with Crippen molar-refractivity contribution in [1.29, 1.82) is 5.26 Å². The first-order valence-corrected chi connectivity index (χ1v) is 10.0. The lowest BCUT2D eigenvalue weighted by Crippen LogP contribution is -2.43. The molecule has 2 aromatic carbocycles. The number of benzene rings is 2. The van der Waals surface area contributed by atoms with E-state index in [0.29, 0.717) is 22.8 Å². The number of hydrogen-bond acceptors (Lipinski definition) is 6. The highest BCUT2D eigenvalue weighted by Crippen LogP contribution is 2.29. The Morgan fingerprint density at radius 3 is 2.59 bits per heavy atom. The maximum absolute atomic E-state index is 13.3. The quantitative estimate of drug-likeness (QED) is 0.621. The summed E-state index contributed by atoms with van der Waals surface area (Å²) in [5, 5.41) is 9.69. The average molecular weight is 429 g/mol. The fourth-order valence-electron chi connectivity index (χ4n) is 3.17. The Hall–Kier alpha value is -2.50. The Morgan fingerprint density at radius 1 is 1.17 bits per heavy atom. The summed E-state index contributed by atoms with van der Waals surface area (Å²) in [6.07, 6.45) is 0. The number of aromatic nitrogens is 1. The van der Waals surface area contributed by atoms with E-state index >= 15 is 0 Å². The first-order chi connectivity index (χ1) is 13.7. The van der Waals surface area contributed by atoms with Crippen molar-refractivity contribution in [3.63, 3.8) is 0 Å². The van der Waals surface area contributed by atoms with Gasteiger partial charge in [-0.25, -0.2) is 4.98 Å². The number of anilines is 1. The fraction of sp³-hybridized carbons (Fsp3) is 0.286. The number of carbonyl (C=O) groups is 1. The largest absolute Gasteiger partial charge is 0.379 e. The smallest absolute Gasteiger partial charge is 0.260 e. The van der Waals surface area contributed by atoms with Crippen molar-refractivity contribution in [3.8, 4) is 6.07 Å². The van der Waals surface area contributed by atoms with Crippen LogP contribution in [0.4, 0.5) is 5.13 Å². The van der Waals surface area contributed by atoms with Crippen molar-refractivity contribution >= 4 is 45.0 Å². The molecule has 1 aliphatic rings. The highest BCUT2D eigenvalue weighted by molar-refractivity contribution is 7.22. The third-order valence-corrected chi connectivity index (χ3v) is 5.82. The van der Waals surface area contributed by atoms with Crippen LogP contribution in [0, 0.1) is 11.3 Å². The minimum Gasteiger partial charge on any atom is -0.379 e. The van der Waals surface area contributed by atoms with Crippen LogP contribution in [-0.2, 0) is 4.74 Å². The van der Waals surface area contributed by atoms with Crippen LogP contribution < -0.4 is 4.90 Å². The number of para-hydroxylation sites is 1. The van der Waals surface area contributed by atoms with Crippen molar-refractivity contribution < 1.29 is 9.53 Å². The van der Waals surface area contributed by atoms with Crippen LogP contribution in [0.2, 0.25) is 0 Å². The first-order valence-electron chi connectivity index (χ1n) is 9.22. The van der Waals surface area contributed by atoms with Crippen molar-refractivity contribution in [3.05, 3.63) is 59.7 Å². The molecule has 0 spiro atoms. The SMILES string of the molecule is Cl.N#Cc1ccc(C(=O)N(CCN2CCOCC2)c2nc3ccccc3s2)cc1. The molecule has 0 atom stereocenters. The van der Waals surface area contributed by atoms with Crippen molar-refractivity contribution in [2.75, 3.05) is 44.3 Å². The van der Waals surface area contributed by atoms with Crippen LogP contribution in [0.15, 0.2) is 48.5 Å². The number of nitrogens with zero attached hydrogens (tertiary/aromatic N) is 4. The molecule has 1 saturated heterocycles. The van der Waals surface area contributed by atoms with E-state index in [0.717, 1.165) is 43.1 Å². The summed E-state index contributed by atoms with van der Waals surface area (Å²) in [5.41, 5.74) is 1.99. The predicted octanol–water partition coefficient (Wildman–Crippen LogP) is 3.57. The Kier molecular flexibility index (Phi) is 7.18. The van der Waals surface area contributed by atoms with E-state index in [-0.39, 0.29) is 18.3 Å². The van der Waals surface area contributed by atoms with Gasteiger partial charge < -0.3 is 4.74 Å². The number of fused-ring (bicyclic) bond motifs is 1. The molecule has 8 heteroatoms. The molecule has 0 bridgehead atoms. The van der Waals surface area contributed by atoms with Gasteiger partial charge >= 0.3 is 0 Å². The van der Waals surface area contributed by atoms with Crippen LogP contribution in [0.3, 0.4) is 0 Å². The van der Waals surface area contributed by atoms with Crippen LogP contribution in [0.1, 0.15) is 15.9 Å². The summed E-state index contributed by atoms with van der Waals surface area (Å²) in [7, 11) is 0. The summed E-state index contributed by atoms with van der Waals surface area (Å²) in [6, 6.07) is 16.7. The summed E-state index contributed by atoms with van der Waals surface area (Å²) < 4.78 is 6.47. The minimum atomic E-state index is -0.100. The lowest BCUT2D eigenvalue weighted by Gasteiger charge is -2.29. The molecule has 1 fully saturated rings. The summed E-state index contributed by atoms with van der Waals surface area (Å²) in [5.74, 6) is -0.100. The highest BCUT2D eigenvalue weighted by atomic mass is 35.5. The van der Waals surface area contributed by atoms with E-state index in [9.17, 15) is 4.79 Å². The zero-order valence-corrected chi connectivity index (χ0v) is 17.4. The van der Waals surface area contributed by atoms with Crippen LogP contribution >= 0.6 is 23.7 Å². The summed E-state index contributed by atoms with van der Waals surface area (Å²) in [4.78, 5) is 22.0. The number of ether oxygens (including phenoxy) is 1. The molecule has 29 heavy (non-hydrogen) atoms. The lowest BCUT2D eigenvalue weighted by atomic mass is 10.1. The molecule has 3 aromatic rings. The van der Waals surface area contributed by atoms with Gasteiger partial charge in [0.15, 0.2) is 5.13 Å². The molecule has 150 valence electrons. The number of halogens is 1. The molecule has 0 saturated carbocycles. The van der Waals surface area contributed by atoms with Gasteiger partial charge in [0, 0.05) is 31.7 Å². The minimum absolute atomic E-state index is 0. The molecule has 1 amide bonds. The monoisotopic (exact) mass is 428 g/mol. The first kappa shape index (κ1) is 21.2. The molecule has 6 nitrogen and oxygen atoms in total. The molecular weight excluding hydrogens is 408 g/mol. The third-order valence-electron chi connectivity index (χ3n) is 4.76. The van der Waals surface area contributed by atoms with Gasteiger partial charge in [0.25, 0.3) is 5.91 Å². The van der Waals surface area contributed by atoms with E-state index in [1.54, 1.807) is 29.2 Å². The highest BCUT2D eigenvalue weighted by Gasteiger charge is 2.22. The summed E-state index contributed by atoms with van der Waals surface area (Å²) in [6.45, 7) is 4.52. The number of carbonyl (C=O) groups excluding carboxylic acids is 1. The van der Waals surface area contributed by atoms with E-state index < -0.39 is 0 Å². The second-order valence-electron chi connectivity index (χ2n) is 6.56. The Labute approximate surface area is 179 Å². The molecule has 0 unspecified atom stereocenters. The van der Waals surface area contributed by atoms with Crippen LogP contribution in [-0.4, -0.2) is 55.2 Å². The van der Waals surface area contributed by atoms with Crippen LogP contribution in [0.25, 0.3) is 10.2 Å².